The molecule has 610 valence electrons. The molecule has 19 aliphatic carbocycles. The Hall–Kier alpha value is -13.6. The molecule has 27 aromatic carbocycles. The van der Waals surface area contributed by atoms with Gasteiger partial charge in [-0.15, -0.1) is 0 Å². The zero-order valence-corrected chi connectivity index (χ0v) is 78.0. The minimum atomic E-state index is -0.739. The average Bonchev–Trinajstić information content (AvgIpc) is 1.37. The van der Waals surface area contributed by atoms with Gasteiger partial charge in [-0.25, -0.2) is 0 Å². The van der Waals surface area contributed by atoms with Crippen molar-refractivity contribution in [1.82, 2.24) is 0 Å². The van der Waals surface area contributed by atoms with Crippen molar-refractivity contribution in [2.45, 2.75) is 113 Å². The van der Waals surface area contributed by atoms with Gasteiger partial charge < -0.3 is 0 Å². The second-order valence-electron chi connectivity index (χ2n) is 44.9. The fourth-order valence-electron chi connectivity index (χ4n) is 39.9. The Morgan fingerprint density at radius 1 is 0.179 bits per heavy atom. The van der Waals surface area contributed by atoms with E-state index in [1.54, 1.807) is 338 Å². The van der Waals surface area contributed by atoms with Crippen molar-refractivity contribution in [3.63, 3.8) is 0 Å². The van der Waals surface area contributed by atoms with Crippen LogP contribution in [0, 0.1) is 79.7 Å². The van der Waals surface area contributed by atoms with Crippen LogP contribution < -0.4 is 5.22 Å². The molecule has 2 heteroatoms. The average molecular weight is 1850 g/mol. The van der Waals surface area contributed by atoms with E-state index in [-0.39, 0.29) is 44.9 Å². The summed E-state index contributed by atoms with van der Waals surface area (Å²) in [6.45, 7) is 22.0. The van der Waals surface area contributed by atoms with Gasteiger partial charge in [0, 0.05) is 5.92 Å². The fraction of sp³-hybridized carbons (Fsp3) is 0.136. The maximum Gasteiger partial charge on any atom is 1.00 e. The Morgan fingerprint density at radius 2 is 0.440 bits per heavy atom. The third kappa shape index (κ3) is 4.75. The van der Waals surface area contributed by atoms with Crippen molar-refractivity contribution in [3.05, 3.63) is 439 Å². The SMILES string of the molecule is Cc1c(C)c(C)[c-](C)c1C.Cc1c(C)c(C)[c-](C)c1C.[Ru+].[Ru+].c1ccc(C23C4=C5C6=c7c4c4c8c9c7=c7c%10c%11c%12c(c%13c%14c%15c(c2c2c%16c3c4c3c4c%16c%16c%17c%18c%19c%20c%21c%22c%23c%19c%19c%24c(c%11c%11c(c%25c(c7%11)[C@]9(c7ccccc7)c7c(c-%21c(c3c78)C4(c3ccccc3)[C@@H]%20%17)[C@@]%22%25c3ccccc3)C%23%24c3ccccc3)c3c%12c%14c4c3c%19c%18c3c%16c2c%15c34)[C@@]5%13c2ccccc2)[C@@]6%10c2ccccc2)cc1. The van der Waals surface area contributed by atoms with Crippen LogP contribution in [0.4, 0.5) is 0 Å². The van der Waals surface area contributed by atoms with Gasteiger partial charge in [-0.1, -0.05) is 282 Å². The summed E-state index contributed by atoms with van der Waals surface area (Å²) >= 11 is 0. The van der Waals surface area contributed by atoms with Gasteiger partial charge in [0.25, 0.3) is 0 Å². The van der Waals surface area contributed by atoms with Crippen LogP contribution in [0.3, 0.4) is 0 Å². The van der Waals surface area contributed by atoms with Crippen molar-refractivity contribution >= 4 is 194 Å². The molecule has 0 spiro atoms. The molecule has 3 unspecified atom stereocenters. The van der Waals surface area contributed by atoms with Crippen LogP contribution in [-0.2, 0) is 76.9 Å². The Kier molecular flexibility index (Phi) is 9.06. The number of benzene rings is 22. The van der Waals surface area contributed by atoms with E-state index in [9.17, 15) is 0 Å². The maximum atomic E-state index is 2.69. The van der Waals surface area contributed by atoms with E-state index in [1.165, 1.54) is 94.6 Å². The molecular weight excluding hydrogens is 1790 g/mol. The van der Waals surface area contributed by atoms with Crippen LogP contribution in [0.1, 0.15) is 212 Å². The molecule has 0 N–H and O–H groups in total. The summed E-state index contributed by atoms with van der Waals surface area (Å²) in [5.74, 6) is 0.0119. The van der Waals surface area contributed by atoms with Crippen molar-refractivity contribution in [2.75, 3.05) is 0 Å². The molecule has 134 heavy (non-hydrogen) atoms. The minimum Gasteiger partial charge on any atom is -0.196 e. The van der Waals surface area contributed by atoms with E-state index in [0.717, 1.165) is 0 Å². The van der Waals surface area contributed by atoms with Crippen molar-refractivity contribution in [1.29, 1.82) is 0 Å². The summed E-state index contributed by atoms with van der Waals surface area (Å²) in [7, 11) is 0. The van der Waals surface area contributed by atoms with Crippen molar-refractivity contribution in [2.24, 2.45) is 0 Å². The predicted octanol–water partition coefficient (Wildman–Crippen LogP) is 29.6. The van der Waals surface area contributed by atoms with Gasteiger partial charge in [-0.05, 0) is 377 Å². The molecule has 0 heterocycles. The van der Waals surface area contributed by atoms with Gasteiger partial charge in [0.1, 0.15) is 0 Å². The first-order valence-electron chi connectivity index (χ1n) is 49.0. The Bertz CT molecular complexity index is 11300. The van der Waals surface area contributed by atoms with E-state index in [4.69, 9.17) is 0 Å². The molecule has 0 aliphatic heterocycles. The molecule has 27 aromatic rings. The third-order valence-corrected chi connectivity index (χ3v) is 43.2. The van der Waals surface area contributed by atoms with Gasteiger partial charge in [-0.3, -0.25) is 0 Å². The van der Waals surface area contributed by atoms with Crippen LogP contribution in [0.25, 0.3) is 205 Å². The predicted molar refractivity (Wildman–Crippen MR) is 539 cm³/mol. The quantitative estimate of drug-likeness (QED) is 0.0646. The number of hydrogen-bond donors (Lipinski definition) is 0. The number of hydrogen-bond acceptors (Lipinski definition) is 0. The van der Waals surface area contributed by atoms with Gasteiger partial charge in [0.05, 0.1) is 37.9 Å². The summed E-state index contributed by atoms with van der Waals surface area (Å²) < 4.78 is 0. The Balaban J connectivity index is 0.000000297. The smallest absolute Gasteiger partial charge is 0.196 e. The molecule has 0 fully saturated rings. The Labute approximate surface area is 790 Å². The zero-order chi connectivity index (χ0) is 84.4. The first-order chi connectivity index (χ1) is 64.9. The van der Waals surface area contributed by atoms with E-state index < -0.39 is 37.9 Å². The standard InChI is InChI=1S/C112H36.2C10H15.2Ru/c1-8-22-36(23-9-1)106-85-60-54-46-43-44-45-47-49(46)62-72-57(54)64(85)83-84-91(106)79-76-66-59-67-80(79)97-103(84)112(42-34-20-7-21-35-42)98(83)94(72)107(37-24-10-2-11-25-37)86(62)61-50(47)55-52(45)70-69-51(44)53-48(43)56(60)63(87(76)106)75-71(53)93-96(69)111(41-32-18-6-19-33-41)95(70)92-68(55)65-58(61)73-81-77-78(90(67)110(97,40-30-16-5-17-31-40)102(81)105(112)99(73)107)82-74(59)100(108(93,89(66)75)38-26-12-3-13-27-38)104(111)101(82)109(92,88(65)77)39-28-14-4-15-29-39;2*1-6-7(2)9(4)10(5)8(6)3;;/h1-35,85H;2*1-5H3;;/q;2*-1;2*+1/t85-,106?,107?,108?,109+,110+,111+,112-;;;;/m1..../s1. The monoisotopic (exact) mass is 1850 g/mol. The molecule has 0 aromatic heterocycles. The van der Waals surface area contributed by atoms with E-state index in [2.05, 4.69) is 282 Å². The van der Waals surface area contributed by atoms with Gasteiger partial charge in [-0.2, -0.15) is 55.6 Å². The summed E-state index contributed by atoms with van der Waals surface area (Å²) in [6, 6.07) is 88.6. The molecular formula is C132H66Ru2. The van der Waals surface area contributed by atoms with Crippen LogP contribution in [-0.4, -0.2) is 0 Å². The molecule has 0 saturated carbocycles. The molecule has 8 atom stereocenters. The largest absolute Gasteiger partial charge is 1.00 e. The van der Waals surface area contributed by atoms with Gasteiger partial charge in [0.15, 0.2) is 0 Å². The van der Waals surface area contributed by atoms with E-state index in [1.807, 2.05) is 0 Å². The molecule has 0 nitrogen and oxygen atoms in total. The fourth-order valence-corrected chi connectivity index (χ4v) is 39.9. The third-order valence-electron chi connectivity index (χ3n) is 43.2. The summed E-state index contributed by atoms with van der Waals surface area (Å²) in [5, 5.41) is 59.7. The van der Waals surface area contributed by atoms with Gasteiger partial charge >= 0.3 is 39.0 Å². The van der Waals surface area contributed by atoms with Crippen molar-refractivity contribution in [3.8, 4) is 11.1 Å². The molecule has 0 saturated heterocycles. The summed E-state index contributed by atoms with van der Waals surface area (Å²) in [6.07, 6.45) is 0. The van der Waals surface area contributed by atoms with Crippen LogP contribution in [0.2, 0.25) is 0 Å². The summed E-state index contributed by atoms with van der Waals surface area (Å²) in [4.78, 5) is 0. The van der Waals surface area contributed by atoms with Gasteiger partial charge in [0.2, 0.25) is 0 Å². The van der Waals surface area contributed by atoms with Crippen LogP contribution in [0.5, 0.6) is 0 Å². The first kappa shape index (κ1) is 66.7. The molecule has 19 aliphatic rings. The van der Waals surface area contributed by atoms with Crippen LogP contribution >= 0.6 is 0 Å². The minimum absolute atomic E-state index is 0. The molecule has 2 radical (unpaired) electrons. The molecule has 0 amide bonds. The summed E-state index contributed by atoms with van der Waals surface area (Å²) in [5.41, 5.74) is 61.4. The second-order valence-corrected chi connectivity index (χ2v) is 44.9. The molecule has 46 rings (SSSR count). The molecule has 0 bridgehead atoms. The van der Waals surface area contributed by atoms with Crippen molar-refractivity contribution < 1.29 is 39.0 Å². The number of rotatable bonds is 7. The normalized spacial score (nSPS) is 24.2. The van der Waals surface area contributed by atoms with Crippen LogP contribution in [0.15, 0.2) is 218 Å². The second kappa shape index (κ2) is 18.2. The topological polar surface area (TPSA) is 0 Å². The first-order valence-corrected chi connectivity index (χ1v) is 49.0. The van der Waals surface area contributed by atoms with E-state index >= 15 is 0 Å². The van der Waals surface area contributed by atoms with E-state index in [0.29, 0.717) is 0 Å². The maximum absolute atomic E-state index is 2.69. The Morgan fingerprint density at radius 3 is 0.903 bits per heavy atom. The zero-order valence-electron chi connectivity index (χ0n) is 74.5. The number of allylic oxidation sites excluding steroid dienone is 2.